The lowest BCUT2D eigenvalue weighted by molar-refractivity contribution is -0.134. The summed E-state index contributed by atoms with van der Waals surface area (Å²) in [6.07, 6.45) is 2.81. The molecule has 0 spiro atoms. The predicted octanol–water partition coefficient (Wildman–Crippen LogP) is 0.700. The van der Waals surface area contributed by atoms with Crippen LogP contribution < -0.4 is 0 Å². The summed E-state index contributed by atoms with van der Waals surface area (Å²) in [6, 6.07) is 7.82. The topological polar surface area (TPSA) is 64.1 Å². The number of carbonyl (C=O) groups excluding carboxylic acids is 2. The van der Waals surface area contributed by atoms with Crippen LogP contribution in [0.1, 0.15) is 35.2 Å². The Hall–Kier alpha value is -1.92. The van der Waals surface area contributed by atoms with Crippen LogP contribution in [-0.2, 0) is 11.3 Å². The number of hydrogen-bond acceptors (Lipinski definition) is 4. The molecule has 0 radical (unpaired) electrons. The molecular formula is C19H25N3O3. The number of carbonyl (C=O) groups is 2. The Morgan fingerprint density at radius 1 is 1.12 bits per heavy atom. The fourth-order valence-electron chi connectivity index (χ4n) is 4.36. The third kappa shape index (κ3) is 3.16. The molecule has 3 aliphatic rings. The standard InChI is InChI=1S/C19H25N3O3/c23-17-7-3-6-16(17)20-8-10-21(11-9-20)18(24)13-22-12-14-4-1-2-5-15(14)19(22)25/h1-2,4-5,16-17,23H,3,6-13H2. The van der Waals surface area contributed by atoms with Crippen LogP contribution in [0.4, 0.5) is 0 Å². The van der Waals surface area contributed by atoms with Crippen LogP contribution in [0.2, 0.25) is 0 Å². The van der Waals surface area contributed by atoms with E-state index in [0.717, 1.165) is 43.5 Å². The van der Waals surface area contributed by atoms with Gasteiger partial charge in [-0.3, -0.25) is 14.5 Å². The highest BCUT2D eigenvalue weighted by Crippen LogP contribution is 2.25. The lowest BCUT2D eigenvalue weighted by Gasteiger charge is -2.39. The number of benzene rings is 1. The number of rotatable bonds is 3. The molecule has 1 saturated heterocycles. The second-order valence-corrected chi connectivity index (χ2v) is 7.30. The van der Waals surface area contributed by atoms with Crippen molar-refractivity contribution in [2.45, 2.75) is 38.0 Å². The number of nitrogens with zero attached hydrogens (tertiary/aromatic N) is 3. The Labute approximate surface area is 148 Å². The molecule has 1 aliphatic carbocycles. The highest BCUT2D eigenvalue weighted by molar-refractivity contribution is 6.00. The SMILES string of the molecule is O=C(CN1Cc2ccccc2C1=O)N1CCN(C2CCCC2O)CC1. The molecule has 4 rings (SSSR count). The smallest absolute Gasteiger partial charge is 0.254 e. The van der Waals surface area contributed by atoms with Crippen LogP contribution in [0.5, 0.6) is 0 Å². The lowest BCUT2D eigenvalue weighted by atomic mass is 10.1. The summed E-state index contributed by atoms with van der Waals surface area (Å²) in [5.74, 6) is -0.0237. The lowest BCUT2D eigenvalue weighted by Crippen LogP contribution is -2.55. The van der Waals surface area contributed by atoms with Crippen LogP contribution in [0.25, 0.3) is 0 Å². The van der Waals surface area contributed by atoms with E-state index >= 15 is 0 Å². The van der Waals surface area contributed by atoms with Crippen molar-refractivity contribution >= 4 is 11.8 Å². The predicted molar refractivity (Wildman–Crippen MR) is 93.0 cm³/mol. The van der Waals surface area contributed by atoms with Gasteiger partial charge >= 0.3 is 0 Å². The number of hydrogen-bond donors (Lipinski definition) is 1. The van der Waals surface area contributed by atoms with Crippen LogP contribution in [0.3, 0.4) is 0 Å². The van der Waals surface area contributed by atoms with E-state index in [-0.39, 0.29) is 30.5 Å². The summed E-state index contributed by atoms with van der Waals surface area (Å²) in [5.41, 5.74) is 1.72. The molecule has 6 nitrogen and oxygen atoms in total. The van der Waals surface area contributed by atoms with Gasteiger partial charge in [0.05, 0.1) is 6.10 Å². The summed E-state index contributed by atoms with van der Waals surface area (Å²) in [5, 5.41) is 10.1. The number of piperazine rings is 1. The van der Waals surface area contributed by atoms with E-state index in [9.17, 15) is 14.7 Å². The van der Waals surface area contributed by atoms with Crippen LogP contribution >= 0.6 is 0 Å². The van der Waals surface area contributed by atoms with Gasteiger partial charge < -0.3 is 14.9 Å². The van der Waals surface area contributed by atoms with Gasteiger partial charge in [0.15, 0.2) is 0 Å². The average molecular weight is 343 g/mol. The summed E-state index contributed by atoms with van der Waals surface area (Å²) in [4.78, 5) is 30.8. The van der Waals surface area contributed by atoms with Gasteiger partial charge in [-0.25, -0.2) is 0 Å². The van der Waals surface area contributed by atoms with Gasteiger partial charge in [-0.1, -0.05) is 18.2 Å². The minimum atomic E-state index is -0.219. The monoisotopic (exact) mass is 343 g/mol. The number of amides is 2. The van der Waals surface area contributed by atoms with Gasteiger partial charge in [0.2, 0.25) is 5.91 Å². The first-order valence-electron chi connectivity index (χ1n) is 9.20. The zero-order chi connectivity index (χ0) is 17.4. The van der Waals surface area contributed by atoms with Gasteiger partial charge in [0.25, 0.3) is 5.91 Å². The highest BCUT2D eigenvalue weighted by atomic mass is 16.3. The van der Waals surface area contributed by atoms with E-state index in [4.69, 9.17) is 0 Å². The Morgan fingerprint density at radius 3 is 2.56 bits per heavy atom. The summed E-state index contributed by atoms with van der Waals surface area (Å²) < 4.78 is 0. The molecule has 2 unspecified atom stereocenters. The van der Waals surface area contributed by atoms with E-state index < -0.39 is 0 Å². The molecule has 1 aromatic rings. The number of aliphatic hydroxyl groups excluding tert-OH is 1. The zero-order valence-electron chi connectivity index (χ0n) is 14.4. The second-order valence-electron chi connectivity index (χ2n) is 7.30. The largest absolute Gasteiger partial charge is 0.391 e. The highest BCUT2D eigenvalue weighted by Gasteiger charge is 2.34. The molecule has 1 saturated carbocycles. The molecule has 25 heavy (non-hydrogen) atoms. The molecule has 2 aliphatic heterocycles. The minimum absolute atomic E-state index is 0.0211. The molecule has 1 aromatic carbocycles. The Bertz CT molecular complexity index is 670. The molecule has 134 valence electrons. The third-order valence-corrected chi connectivity index (χ3v) is 5.80. The van der Waals surface area contributed by atoms with Crippen molar-refractivity contribution in [1.82, 2.24) is 14.7 Å². The third-order valence-electron chi connectivity index (χ3n) is 5.80. The molecule has 0 bridgehead atoms. The van der Waals surface area contributed by atoms with Crippen LogP contribution in [-0.4, -0.2) is 76.5 Å². The van der Waals surface area contributed by atoms with Crippen molar-refractivity contribution in [3.63, 3.8) is 0 Å². The molecule has 1 N–H and O–H groups in total. The molecule has 2 atom stereocenters. The first kappa shape index (κ1) is 16.5. The van der Waals surface area contributed by atoms with Crippen molar-refractivity contribution in [2.75, 3.05) is 32.7 Å². The second kappa shape index (κ2) is 6.77. The van der Waals surface area contributed by atoms with Gasteiger partial charge in [0.1, 0.15) is 6.54 Å². The van der Waals surface area contributed by atoms with E-state index in [1.165, 1.54) is 0 Å². The molecule has 0 aromatic heterocycles. The van der Waals surface area contributed by atoms with E-state index in [1.54, 1.807) is 4.90 Å². The van der Waals surface area contributed by atoms with Gasteiger partial charge in [-0.2, -0.15) is 0 Å². The van der Waals surface area contributed by atoms with Gasteiger partial charge in [-0.05, 0) is 30.9 Å². The zero-order valence-corrected chi connectivity index (χ0v) is 14.4. The maximum atomic E-state index is 12.6. The Balaban J connectivity index is 1.31. The van der Waals surface area contributed by atoms with Gasteiger partial charge in [-0.15, -0.1) is 0 Å². The van der Waals surface area contributed by atoms with Crippen molar-refractivity contribution in [3.8, 4) is 0 Å². The molecule has 6 heteroatoms. The quantitative estimate of drug-likeness (QED) is 0.878. The first-order chi connectivity index (χ1) is 12.1. The number of aliphatic hydroxyl groups is 1. The number of fused-ring (bicyclic) bond motifs is 1. The van der Waals surface area contributed by atoms with Crippen LogP contribution in [0, 0.1) is 0 Å². The van der Waals surface area contributed by atoms with Crippen molar-refractivity contribution in [2.24, 2.45) is 0 Å². The summed E-state index contributed by atoms with van der Waals surface area (Å²) in [6.45, 7) is 3.64. The maximum Gasteiger partial charge on any atom is 0.254 e. The molecule has 2 fully saturated rings. The minimum Gasteiger partial charge on any atom is -0.391 e. The Morgan fingerprint density at radius 2 is 1.88 bits per heavy atom. The summed E-state index contributed by atoms with van der Waals surface area (Å²) in [7, 11) is 0. The van der Waals surface area contributed by atoms with E-state index in [1.807, 2.05) is 29.2 Å². The van der Waals surface area contributed by atoms with Crippen molar-refractivity contribution < 1.29 is 14.7 Å². The summed E-state index contributed by atoms with van der Waals surface area (Å²) >= 11 is 0. The first-order valence-corrected chi connectivity index (χ1v) is 9.20. The average Bonchev–Trinajstić information content (AvgIpc) is 3.19. The fourth-order valence-corrected chi connectivity index (χ4v) is 4.36. The normalized spacial score (nSPS) is 27.0. The van der Waals surface area contributed by atoms with Crippen molar-refractivity contribution in [3.05, 3.63) is 35.4 Å². The van der Waals surface area contributed by atoms with Crippen LogP contribution in [0.15, 0.2) is 24.3 Å². The Kier molecular flexibility index (Phi) is 4.48. The van der Waals surface area contributed by atoms with Crippen molar-refractivity contribution in [1.29, 1.82) is 0 Å². The van der Waals surface area contributed by atoms with E-state index in [2.05, 4.69) is 4.90 Å². The fraction of sp³-hybridized carbons (Fsp3) is 0.579. The molecular weight excluding hydrogens is 318 g/mol. The molecule has 2 heterocycles. The molecule has 2 amide bonds. The van der Waals surface area contributed by atoms with E-state index in [0.29, 0.717) is 19.6 Å². The van der Waals surface area contributed by atoms with Gasteiger partial charge in [0, 0.05) is 44.3 Å². The maximum absolute atomic E-state index is 12.6.